The lowest BCUT2D eigenvalue weighted by Crippen LogP contribution is -2.31. The topological polar surface area (TPSA) is 202 Å². The van der Waals surface area contributed by atoms with Crippen molar-refractivity contribution in [1.82, 2.24) is 25.0 Å². The van der Waals surface area contributed by atoms with Crippen molar-refractivity contribution < 1.29 is 38.2 Å². The van der Waals surface area contributed by atoms with Gasteiger partial charge >= 0.3 is 15.2 Å². The number of aliphatic hydroxyl groups is 2. The van der Waals surface area contributed by atoms with Gasteiger partial charge in [0.2, 0.25) is 5.28 Å². The van der Waals surface area contributed by atoms with E-state index in [1.165, 1.54) is 4.68 Å². The summed E-state index contributed by atoms with van der Waals surface area (Å²) < 4.78 is 36.7. The van der Waals surface area contributed by atoms with Gasteiger partial charge in [0.1, 0.15) is 6.10 Å². The second-order valence-corrected chi connectivity index (χ2v) is 14.9. The molecule has 2 saturated carbocycles. The third kappa shape index (κ3) is 7.01. The number of halogens is 2. The summed E-state index contributed by atoms with van der Waals surface area (Å²) in [5.74, 6) is -1.37. The zero-order valence-electron chi connectivity index (χ0n) is 21.0. The Morgan fingerprint density at radius 3 is 2.48 bits per heavy atom. The third-order valence-corrected chi connectivity index (χ3v) is 11.3. The minimum atomic E-state index is -4.72. The summed E-state index contributed by atoms with van der Waals surface area (Å²) in [5.41, 5.74) is 1.30. The third-order valence-electron chi connectivity index (χ3n) is 6.83. The molecule has 40 heavy (non-hydrogen) atoms. The van der Waals surface area contributed by atoms with Gasteiger partial charge in [-0.05, 0) is 48.4 Å². The summed E-state index contributed by atoms with van der Waals surface area (Å²) >= 11 is 12.4. The highest BCUT2D eigenvalue weighted by Crippen LogP contribution is 2.60. The van der Waals surface area contributed by atoms with Crippen molar-refractivity contribution in [2.45, 2.75) is 44.1 Å². The van der Waals surface area contributed by atoms with Crippen LogP contribution in [0.3, 0.4) is 0 Å². The standard InChI is InChI=1S/C22H28Cl2N6O8P2/c23-15-4-2-1-3-13(15)8-25-20-17-21(27-22(24)26-20)30(29-28-17)16-7-14(18(31)19(16)32)10-38-40(36,11-39(33,34)35)37-9-12-5-6-12/h1-4,12,14,16,18-19,31-32H,5-11H2,(H,25,26,27)(H2,33,34,35)/t14-,16-,18-,19+,40?/m1/s1. The molecule has 2 fully saturated rings. The summed E-state index contributed by atoms with van der Waals surface area (Å²) in [5, 5.41) is 33.5. The van der Waals surface area contributed by atoms with E-state index in [4.69, 9.17) is 32.2 Å². The van der Waals surface area contributed by atoms with Crippen molar-refractivity contribution in [3.05, 3.63) is 40.1 Å². The molecule has 3 aromatic rings. The molecule has 1 unspecified atom stereocenters. The van der Waals surface area contributed by atoms with Crippen LogP contribution in [0.2, 0.25) is 10.3 Å². The number of hydrogen-bond donors (Lipinski definition) is 5. The van der Waals surface area contributed by atoms with Gasteiger partial charge in [0.15, 0.2) is 22.9 Å². The molecule has 0 saturated heterocycles. The smallest absolute Gasteiger partial charge is 0.342 e. The fraction of sp³-hybridized carbons (Fsp3) is 0.545. The largest absolute Gasteiger partial charge is 0.390 e. The maximum atomic E-state index is 13.1. The Morgan fingerprint density at radius 2 is 1.77 bits per heavy atom. The number of rotatable bonds is 12. The lowest BCUT2D eigenvalue weighted by atomic mass is 10.1. The zero-order valence-corrected chi connectivity index (χ0v) is 24.3. The first-order chi connectivity index (χ1) is 18.9. The molecule has 2 heterocycles. The van der Waals surface area contributed by atoms with Gasteiger partial charge in [-0.25, -0.2) is 4.68 Å². The van der Waals surface area contributed by atoms with Crippen molar-refractivity contribution in [3.63, 3.8) is 0 Å². The molecule has 1 aromatic carbocycles. The van der Waals surface area contributed by atoms with E-state index in [0.717, 1.165) is 18.4 Å². The summed E-state index contributed by atoms with van der Waals surface area (Å²) in [7, 11) is -8.89. The van der Waals surface area contributed by atoms with Crippen molar-refractivity contribution in [2.75, 3.05) is 24.4 Å². The number of fused-ring (bicyclic) bond motifs is 1. The Bertz CT molecular complexity index is 1470. The van der Waals surface area contributed by atoms with Crippen molar-refractivity contribution in [1.29, 1.82) is 0 Å². The van der Waals surface area contributed by atoms with E-state index in [1.807, 2.05) is 18.2 Å². The summed E-state index contributed by atoms with van der Waals surface area (Å²) in [6, 6.07) is 6.45. The SMILES string of the molecule is O=P(O)(O)CP(=O)(OCC1CC1)OC[C@H]1C[C@@H](n2nnc3c(NCc4ccccc4Cl)nc(Cl)nc32)[C@H](O)[C@@H]1O. The highest BCUT2D eigenvalue weighted by Gasteiger charge is 2.46. The van der Waals surface area contributed by atoms with Crippen molar-refractivity contribution in [3.8, 4) is 0 Å². The fourth-order valence-electron chi connectivity index (χ4n) is 4.53. The van der Waals surface area contributed by atoms with Gasteiger partial charge < -0.3 is 34.4 Å². The Kier molecular flexibility index (Phi) is 8.85. The maximum absolute atomic E-state index is 13.1. The van der Waals surface area contributed by atoms with Crippen LogP contribution < -0.4 is 5.32 Å². The van der Waals surface area contributed by atoms with E-state index in [9.17, 15) is 29.1 Å². The highest BCUT2D eigenvalue weighted by molar-refractivity contribution is 7.70. The Labute approximate surface area is 238 Å². The number of anilines is 1. The first-order valence-corrected chi connectivity index (χ1v) is 16.7. The summed E-state index contributed by atoms with van der Waals surface area (Å²) in [6.45, 7) is 0.00826. The first kappa shape index (κ1) is 29.8. The van der Waals surface area contributed by atoms with Crippen LogP contribution in [0.25, 0.3) is 11.2 Å². The molecule has 2 aromatic heterocycles. The molecule has 0 radical (unpaired) electrons. The van der Waals surface area contributed by atoms with E-state index in [1.54, 1.807) is 6.07 Å². The van der Waals surface area contributed by atoms with E-state index in [0.29, 0.717) is 17.4 Å². The van der Waals surface area contributed by atoms with Gasteiger partial charge in [-0.1, -0.05) is 35.0 Å². The van der Waals surface area contributed by atoms with Crippen LogP contribution in [-0.4, -0.2) is 76.3 Å². The van der Waals surface area contributed by atoms with Crippen LogP contribution in [0.4, 0.5) is 5.82 Å². The number of aliphatic hydroxyl groups excluding tert-OH is 2. The van der Waals surface area contributed by atoms with Crippen molar-refractivity contribution in [2.24, 2.45) is 11.8 Å². The normalized spacial score (nSPS) is 24.9. The lowest BCUT2D eigenvalue weighted by Gasteiger charge is -2.22. The van der Waals surface area contributed by atoms with Crippen LogP contribution in [0.15, 0.2) is 24.3 Å². The summed E-state index contributed by atoms with van der Waals surface area (Å²) in [6.07, 6.45) is -0.806. The highest BCUT2D eigenvalue weighted by atomic mass is 35.5. The van der Waals surface area contributed by atoms with Crippen LogP contribution in [0, 0.1) is 11.8 Å². The molecule has 5 rings (SSSR count). The Balaban J connectivity index is 1.32. The van der Waals surface area contributed by atoms with Gasteiger partial charge in [0.25, 0.3) is 0 Å². The molecular formula is C22H28Cl2N6O8P2. The summed E-state index contributed by atoms with van der Waals surface area (Å²) in [4.78, 5) is 27.2. The molecule has 0 aliphatic heterocycles. The van der Waals surface area contributed by atoms with E-state index < -0.39 is 45.3 Å². The van der Waals surface area contributed by atoms with Crippen LogP contribution >= 0.6 is 38.4 Å². The minimum Gasteiger partial charge on any atom is -0.390 e. The molecule has 0 amide bonds. The molecule has 2 aliphatic rings. The lowest BCUT2D eigenvalue weighted by molar-refractivity contribution is -0.00419. The Morgan fingerprint density at radius 1 is 1.05 bits per heavy atom. The quantitative estimate of drug-likeness (QED) is 0.143. The molecule has 5 atom stereocenters. The molecule has 5 N–H and O–H groups in total. The van der Waals surface area contributed by atoms with Crippen LogP contribution in [0.1, 0.15) is 30.9 Å². The van der Waals surface area contributed by atoms with Gasteiger partial charge in [0, 0.05) is 17.5 Å². The molecule has 218 valence electrons. The van der Waals surface area contributed by atoms with Crippen LogP contribution in [-0.2, 0) is 24.7 Å². The number of aromatic nitrogens is 5. The minimum absolute atomic E-state index is 0.0635. The average Bonchev–Trinajstić information content (AvgIpc) is 3.57. The molecule has 18 heteroatoms. The number of nitrogens with one attached hydrogen (secondary N) is 1. The zero-order chi connectivity index (χ0) is 28.7. The van der Waals surface area contributed by atoms with Gasteiger partial charge in [0.05, 0.1) is 25.4 Å². The maximum Gasteiger partial charge on any atom is 0.342 e. The van der Waals surface area contributed by atoms with Gasteiger partial charge in [-0.3, -0.25) is 9.13 Å². The average molecular weight is 637 g/mol. The molecule has 14 nitrogen and oxygen atoms in total. The number of benzene rings is 1. The van der Waals surface area contributed by atoms with E-state index >= 15 is 0 Å². The fourth-order valence-corrected chi connectivity index (χ4v) is 8.29. The predicted octanol–water partition coefficient (Wildman–Crippen LogP) is 3.19. The van der Waals surface area contributed by atoms with E-state index in [2.05, 4.69) is 25.6 Å². The molecule has 0 bridgehead atoms. The monoisotopic (exact) mass is 636 g/mol. The Hall–Kier alpha value is -1.70. The second-order valence-electron chi connectivity index (χ2n) is 9.99. The van der Waals surface area contributed by atoms with Gasteiger partial charge in [-0.15, -0.1) is 5.10 Å². The predicted molar refractivity (Wildman–Crippen MR) is 145 cm³/mol. The molecule has 0 spiro atoms. The molecular weight excluding hydrogens is 609 g/mol. The number of hydrogen-bond acceptors (Lipinski definition) is 11. The first-order valence-electron chi connectivity index (χ1n) is 12.5. The van der Waals surface area contributed by atoms with Crippen molar-refractivity contribution >= 4 is 55.4 Å². The molecule has 2 aliphatic carbocycles. The van der Waals surface area contributed by atoms with E-state index in [-0.39, 0.29) is 42.0 Å². The second kappa shape index (κ2) is 11.9. The van der Waals surface area contributed by atoms with Gasteiger partial charge in [-0.2, -0.15) is 9.97 Å². The number of nitrogens with zero attached hydrogens (tertiary/aromatic N) is 5. The van der Waals surface area contributed by atoms with Crippen LogP contribution in [0.5, 0.6) is 0 Å².